The summed E-state index contributed by atoms with van der Waals surface area (Å²) in [5.74, 6) is 0.705. The summed E-state index contributed by atoms with van der Waals surface area (Å²) in [4.78, 5) is 6.70. The Kier molecular flexibility index (Phi) is 4.13. The maximum absolute atomic E-state index is 4.15. The second-order valence-electron chi connectivity index (χ2n) is 5.34. The molecule has 2 rings (SSSR count). The van der Waals surface area contributed by atoms with Crippen LogP contribution in [0.3, 0.4) is 0 Å². The van der Waals surface area contributed by atoms with Crippen molar-refractivity contribution in [3.63, 3.8) is 0 Å². The van der Waals surface area contributed by atoms with Crippen LogP contribution in [0.5, 0.6) is 0 Å². The normalized spacial score (nSPS) is 22.0. The second-order valence-corrected chi connectivity index (χ2v) is 5.34. The van der Waals surface area contributed by atoms with Gasteiger partial charge in [-0.15, -0.1) is 0 Å². The average molecular weight is 233 g/mol. The number of piperazine rings is 1. The van der Waals surface area contributed by atoms with Crippen molar-refractivity contribution in [2.24, 2.45) is 5.92 Å². The molecule has 0 saturated carbocycles. The minimum Gasteiger partial charge on any atom is -0.311 e. The van der Waals surface area contributed by atoms with Crippen LogP contribution in [-0.4, -0.2) is 35.6 Å². The van der Waals surface area contributed by atoms with Crippen LogP contribution in [0.25, 0.3) is 0 Å². The van der Waals surface area contributed by atoms with Crippen LogP contribution in [0.15, 0.2) is 18.5 Å². The fourth-order valence-corrected chi connectivity index (χ4v) is 2.35. The summed E-state index contributed by atoms with van der Waals surface area (Å²) in [6.45, 7) is 11.2. The van der Waals surface area contributed by atoms with Crippen molar-refractivity contribution in [2.45, 2.75) is 33.4 Å². The summed E-state index contributed by atoms with van der Waals surface area (Å²) in [7, 11) is 0. The molecule has 0 radical (unpaired) electrons. The van der Waals surface area contributed by atoms with Gasteiger partial charge in [-0.1, -0.05) is 13.8 Å². The molecule has 3 heteroatoms. The standard InChI is InChI=1S/C14H23N3/c1-11(2)14-10-17(7-6-16-14)9-13-4-5-15-8-12(13)3/h4-5,8,11,14,16H,6-7,9-10H2,1-3H3. The van der Waals surface area contributed by atoms with Crippen molar-refractivity contribution in [2.75, 3.05) is 19.6 Å². The zero-order chi connectivity index (χ0) is 12.3. The smallest absolute Gasteiger partial charge is 0.0300 e. The lowest BCUT2D eigenvalue weighted by molar-refractivity contribution is 0.168. The van der Waals surface area contributed by atoms with Gasteiger partial charge < -0.3 is 5.32 Å². The molecule has 1 aromatic rings. The number of rotatable bonds is 3. The number of aryl methyl sites for hydroxylation is 1. The maximum Gasteiger partial charge on any atom is 0.0300 e. The second kappa shape index (κ2) is 5.61. The van der Waals surface area contributed by atoms with E-state index in [-0.39, 0.29) is 0 Å². The lowest BCUT2D eigenvalue weighted by Gasteiger charge is -2.36. The molecule has 1 N–H and O–H groups in total. The van der Waals surface area contributed by atoms with Crippen LogP contribution in [0, 0.1) is 12.8 Å². The van der Waals surface area contributed by atoms with Crippen LogP contribution in [0.1, 0.15) is 25.0 Å². The highest BCUT2D eigenvalue weighted by molar-refractivity contribution is 5.21. The highest BCUT2D eigenvalue weighted by Crippen LogP contribution is 2.13. The van der Waals surface area contributed by atoms with Crippen LogP contribution in [0.4, 0.5) is 0 Å². The zero-order valence-corrected chi connectivity index (χ0v) is 11.1. The molecule has 1 unspecified atom stereocenters. The Morgan fingerprint density at radius 3 is 3.06 bits per heavy atom. The van der Waals surface area contributed by atoms with Gasteiger partial charge in [0, 0.05) is 44.6 Å². The third-order valence-corrected chi connectivity index (χ3v) is 3.62. The predicted octanol–water partition coefficient (Wildman–Crippen LogP) is 1.82. The van der Waals surface area contributed by atoms with Crippen molar-refractivity contribution in [3.8, 4) is 0 Å². The first-order chi connectivity index (χ1) is 8.16. The summed E-state index contributed by atoms with van der Waals surface area (Å²) < 4.78 is 0. The quantitative estimate of drug-likeness (QED) is 0.863. The summed E-state index contributed by atoms with van der Waals surface area (Å²) >= 11 is 0. The summed E-state index contributed by atoms with van der Waals surface area (Å²) in [6.07, 6.45) is 3.85. The molecule has 3 nitrogen and oxygen atoms in total. The monoisotopic (exact) mass is 233 g/mol. The lowest BCUT2D eigenvalue weighted by atomic mass is 10.0. The first-order valence-electron chi connectivity index (χ1n) is 6.52. The fraction of sp³-hybridized carbons (Fsp3) is 0.643. The average Bonchev–Trinajstić information content (AvgIpc) is 2.32. The van der Waals surface area contributed by atoms with Gasteiger partial charge in [0.25, 0.3) is 0 Å². The molecule has 1 atom stereocenters. The Bertz CT molecular complexity index is 362. The largest absolute Gasteiger partial charge is 0.311 e. The number of hydrogen-bond donors (Lipinski definition) is 1. The minimum absolute atomic E-state index is 0.630. The van der Waals surface area contributed by atoms with E-state index in [0.717, 1.165) is 26.2 Å². The van der Waals surface area contributed by atoms with Crippen molar-refractivity contribution in [1.29, 1.82) is 0 Å². The molecule has 94 valence electrons. The molecule has 1 saturated heterocycles. The molecule has 0 aromatic carbocycles. The Labute approximate surface area is 104 Å². The maximum atomic E-state index is 4.15. The molecule has 1 aliphatic rings. The van der Waals surface area contributed by atoms with E-state index in [1.54, 1.807) is 0 Å². The molecule has 1 aliphatic heterocycles. The molecule has 0 spiro atoms. The SMILES string of the molecule is Cc1cnccc1CN1CCNC(C(C)C)C1. The van der Waals surface area contributed by atoms with Gasteiger partial charge in [0.2, 0.25) is 0 Å². The molecular weight excluding hydrogens is 210 g/mol. The molecule has 0 amide bonds. The van der Waals surface area contributed by atoms with Crippen LogP contribution in [0.2, 0.25) is 0 Å². The minimum atomic E-state index is 0.630. The van der Waals surface area contributed by atoms with Gasteiger partial charge in [-0.05, 0) is 30.0 Å². The molecule has 1 fully saturated rings. The molecule has 1 aromatic heterocycles. The Balaban J connectivity index is 1.97. The lowest BCUT2D eigenvalue weighted by Crippen LogP contribution is -2.52. The number of hydrogen-bond acceptors (Lipinski definition) is 3. The summed E-state index contributed by atoms with van der Waals surface area (Å²) in [6, 6.07) is 2.77. The molecule has 0 aliphatic carbocycles. The van der Waals surface area contributed by atoms with Gasteiger partial charge in [-0.2, -0.15) is 0 Å². The third-order valence-electron chi connectivity index (χ3n) is 3.62. The third kappa shape index (κ3) is 3.27. The van der Waals surface area contributed by atoms with Crippen molar-refractivity contribution < 1.29 is 0 Å². The van der Waals surface area contributed by atoms with Gasteiger partial charge >= 0.3 is 0 Å². The van der Waals surface area contributed by atoms with E-state index in [1.807, 2.05) is 12.4 Å². The van der Waals surface area contributed by atoms with E-state index < -0.39 is 0 Å². The van der Waals surface area contributed by atoms with Gasteiger partial charge in [0.15, 0.2) is 0 Å². The molecule has 2 heterocycles. The number of pyridine rings is 1. The first kappa shape index (κ1) is 12.5. The van der Waals surface area contributed by atoms with E-state index in [9.17, 15) is 0 Å². The van der Waals surface area contributed by atoms with E-state index in [4.69, 9.17) is 0 Å². The molecular formula is C14H23N3. The van der Waals surface area contributed by atoms with Crippen LogP contribution < -0.4 is 5.32 Å². The van der Waals surface area contributed by atoms with Gasteiger partial charge in [0.1, 0.15) is 0 Å². The Hall–Kier alpha value is -0.930. The van der Waals surface area contributed by atoms with Gasteiger partial charge in [-0.25, -0.2) is 0 Å². The van der Waals surface area contributed by atoms with Gasteiger partial charge in [-0.3, -0.25) is 9.88 Å². The van der Waals surface area contributed by atoms with E-state index >= 15 is 0 Å². The Morgan fingerprint density at radius 1 is 1.53 bits per heavy atom. The molecule has 17 heavy (non-hydrogen) atoms. The molecule has 0 bridgehead atoms. The van der Waals surface area contributed by atoms with E-state index in [2.05, 4.69) is 42.0 Å². The zero-order valence-electron chi connectivity index (χ0n) is 11.1. The van der Waals surface area contributed by atoms with E-state index in [0.29, 0.717) is 12.0 Å². The summed E-state index contributed by atoms with van der Waals surface area (Å²) in [5, 5.41) is 3.59. The topological polar surface area (TPSA) is 28.2 Å². The van der Waals surface area contributed by atoms with Crippen molar-refractivity contribution >= 4 is 0 Å². The van der Waals surface area contributed by atoms with Crippen LogP contribution in [-0.2, 0) is 6.54 Å². The number of aromatic nitrogens is 1. The number of nitrogens with zero attached hydrogens (tertiary/aromatic N) is 2. The number of nitrogens with one attached hydrogen (secondary N) is 1. The van der Waals surface area contributed by atoms with Crippen molar-refractivity contribution in [1.82, 2.24) is 15.2 Å². The first-order valence-corrected chi connectivity index (χ1v) is 6.52. The van der Waals surface area contributed by atoms with Crippen molar-refractivity contribution in [3.05, 3.63) is 29.6 Å². The highest BCUT2D eigenvalue weighted by atomic mass is 15.2. The highest BCUT2D eigenvalue weighted by Gasteiger charge is 2.21. The predicted molar refractivity (Wildman–Crippen MR) is 70.9 cm³/mol. The van der Waals surface area contributed by atoms with Crippen LogP contribution >= 0.6 is 0 Å². The Morgan fingerprint density at radius 2 is 2.35 bits per heavy atom. The van der Waals surface area contributed by atoms with Gasteiger partial charge in [0.05, 0.1) is 0 Å². The fourth-order valence-electron chi connectivity index (χ4n) is 2.35. The van der Waals surface area contributed by atoms with E-state index in [1.165, 1.54) is 11.1 Å². The summed E-state index contributed by atoms with van der Waals surface area (Å²) in [5.41, 5.74) is 2.71.